The van der Waals surface area contributed by atoms with Crippen LogP contribution in [0.1, 0.15) is 0 Å². The predicted molar refractivity (Wildman–Crippen MR) is 30.9 cm³/mol. The van der Waals surface area contributed by atoms with E-state index in [4.69, 9.17) is 5.21 Å². The molecule has 0 aliphatic carbocycles. The summed E-state index contributed by atoms with van der Waals surface area (Å²) >= 11 is 0. The van der Waals surface area contributed by atoms with E-state index in [0.717, 1.165) is 9.82 Å². The van der Waals surface area contributed by atoms with Gasteiger partial charge < -0.3 is 5.21 Å². The molecule has 1 N–H and O–H groups in total. The molecule has 0 radical (unpaired) electrons. The third kappa shape index (κ3) is 489. The van der Waals surface area contributed by atoms with Crippen molar-refractivity contribution in [1.82, 2.24) is 5.06 Å². The summed E-state index contributed by atoms with van der Waals surface area (Å²) in [5.74, 6) is 0. The second-order valence-electron chi connectivity index (χ2n) is 1.66. The van der Waals surface area contributed by atoms with Gasteiger partial charge in [0.15, 0.2) is 14.1 Å². The Morgan fingerprint density at radius 3 is 1.38 bits per heavy atom. The van der Waals surface area contributed by atoms with Gasteiger partial charge >= 0.3 is 0 Å². The minimum atomic E-state index is 0.750. The maximum Gasteiger partial charge on any atom is 0.182 e. The van der Waals surface area contributed by atoms with E-state index in [-0.39, 0.29) is 0 Å². The zero-order valence-electron chi connectivity index (χ0n) is 5.75. The topological polar surface area (TPSA) is 43.5 Å². The fraction of sp³-hybridized carbons (Fsp3) is 1.00. The molecule has 0 aromatic heterocycles. The highest BCUT2D eigenvalue weighted by Crippen LogP contribution is 1.46. The van der Waals surface area contributed by atoms with Crippen molar-refractivity contribution < 1.29 is 9.97 Å². The maximum atomic E-state index is 9.36. The van der Waals surface area contributed by atoms with E-state index in [2.05, 4.69) is 0 Å². The Balaban J connectivity index is 0. The Bertz CT molecular complexity index is 56.3. The molecule has 8 heavy (non-hydrogen) atoms. The first-order chi connectivity index (χ1) is 3.46. The SMILES string of the molecule is CN(C)O.C[N+](C)=O. The molecule has 0 aliphatic heterocycles. The zero-order chi connectivity index (χ0) is 7.15. The lowest BCUT2D eigenvalue weighted by Gasteiger charge is -1.89. The van der Waals surface area contributed by atoms with Gasteiger partial charge in [0.2, 0.25) is 0 Å². The smallest absolute Gasteiger partial charge is 0.182 e. The van der Waals surface area contributed by atoms with Crippen LogP contribution in [0.4, 0.5) is 0 Å². The van der Waals surface area contributed by atoms with E-state index in [1.54, 1.807) is 14.1 Å². The standard InChI is InChI=1S/C2H7NO.C2H6NO/c2*1-3(2)4/h4H,1-2H3;1-2H3/q;+1. The molecule has 50 valence electrons. The molecule has 0 saturated carbocycles. The Hall–Kier alpha value is -0.480. The molecule has 0 fully saturated rings. The molecule has 0 spiro atoms. The molecule has 0 saturated heterocycles. The molecule has 0 aliphatic rings. The van der Waals surface area contributed by atoms with Crippen LogP contribution in [0, 0.1) is 4.91 Å². The van der Waals surface area contributed by atoms with Crippen molar-refractivity contribution in [2.45, 2.75) is 0 Å². The van der Waals surface area contributed by atoms with Crippen LogP contribution in [0.2, 0.25) is 0 Å². The second-order valence-corrected chi connectivity index (χ2v) is 1.66. The highest BCUT2D eigenvalue weighted by atomic mass is 16.5. The normalized spacial score (nSPS) is 7.75. The molecular weight excluding hydrogens is 108 g/mol. The number of rotatable bonds is 0. The summed E-state index contributed by atoms with van der Waals surface area (Å²) in [5, 5.41) is 8.89. The lowest BCUT2D eigenvalue weighted by Crippen LogP contribution is -2.01. The van der Waals surface area contributed by atoms with Gasteiger partial charge in [0.25, 0.3) is 0 Å². The van der Waals surface area contributed by atoms with Crippen LogP contribution in [-0.2, 0) is 0 Å². The van der Waals surface area contributed by atoms with Gasteiger partial charge in [-0.1, -0.05) is 0 Å². The van der Waals surface area contributed by atoms with Gasteiger partial charge in [-0.3, -0.25) is 0 Å². The molecule has 4 nitrogen and oxygen atoms in total. The summed E-state index contributed by atoms with van der Waals surface area (Å²) in [5.41, 5.74) is 0. The van der Waals surface area contributed by atoms with E-state index in [9.17, 15) is 4.91 Å². The molecule has 0 unspecified atom stereocenters. The molecular formula is C4H13N2O2+. The Kier molecular flexibility index (Phi) is 8.55. The summed E-state index contributed by atoms with van der Waals surface area (Å²) in [7, 11) is 6.00. The number of hydrogen-bond acceptors (Lipinski definition) is 3. The van der Waals surface area contributed by atoms with E-state index in [0.29, 0.717) is 0 Å². The van der Waals surface area contributed by atoms with Gasteiger partial charge in [-0.2, -0.15) is 5.06 Å². The molecule has 0 amide bonds. The van der Waals surface area contributed by atoms with E-state index in [1.165, 1.54) is 14.1 Å². The first kappa shape index (κ1) is 10.5. The molecule has 4 heteroatoms. The van der Waals surface area contributed by atoms with Crippen molar-refractivity contribution in [3.05, 3.63) is 4.91 Å². The average molecular weight is 121 g/mol. The number of nitroso groups, excluding NO2 is 1. The summed E-state index contributed by atoms with van der Waals surface area (Å²) in [4.78, 5) is 9.36. The van der Waals surface area contributed by atoms with E-state index < -0.39 is 0 Å². The number of nitrogens with zero attached hydrogens (tertiary/aromatic N) is 2. The average Bonchev–Trinajstić information content (AvgIpc) is 1.25. The second kappa shape index (κ2) is 6.52. The van der Waals surface area contributed by atoms with Gasteiger partial charge in [0, 0.05) is 19.0 Å². The number of hydroxylamine groups is 2. The van der Waals surface area contributed by atoms with E-state index >= 15 is 0 Å². The van der Waals surface area contributed by atoms with Crippen LogP contribution in [0.25, 0.3) is 0 Å². The van der Waals surface area contributed by atoms with Crippen LogP contribution in [0.5, 0.6) is 0 Å². The largest absolute Gasteiger partial charge is 0.315 e. The van der Waals surface area contributed by atoms with Crippen molar-refractivity contribution in [1.29, 1.82) is 0 Å². The first-order valence-electron chi connectivity index (χ1n) is 2.17. The first-order valence-corrected chi connectivity index (χ1v) is 2.17. The lowest BCUT2D eigenvalue weighted by atomic mass is 11.2. The molecule has 0 aromatic carbocycles. The molecule has 0 atom stereocenters. The molecule has 0 rings (SSSR count). The maximum absolute atomic E-state index is 9.36. The van der Waals surface area contributed by atoms with Crippen LogP contribution >= 0.6 is 0 Å². The van der Waals surface area contributed by atoms with Gasteiger partial charge in [0.1, 0.15) is 0 Å². The van der Waals surface area contributed by atoms with Crippen LogP contribution in [0.3, 0.4) is 0 Å². The van der Waals surface area contributed by atoms with Crippen LogP contribution in [0.15, 0.2) is 0 Å². The zero-order valence-corrected chi connectivity index (χ0v) is 5.75. The van der Waals surface area contributed by atoms with Crippen molar-refractivity contribution in [3.8, 4) is 0 Å². The molecule has 0 heterocycles. The highest BCUT2D eigenvalue weighted by molar-refractivity contribution is 3.90. The summed E-state index contributed by atoms with van der Waals surface area (Å²) in [6.45, 7) is 0. The summed E-state index contributed by atoms with van der Waals surface area (Å²) in [6.07, 6.45) is 0. The molecule has 0 bridgehead atoms. The summed E-state index contributed by atoms with van der Waals surface area (Å²) in [6, 6.07) is 0. The monoisotopic (exact) mass is 121 g/mol. The highest BCUT2D eigenvalue weighted by Gasteiger charge is 1.66. The van der Waals surface area contributed by atoms with Gasteiger partial charge in [-0.05, 0) is 4.76 Å². The number of hydrogen-bond donors (Lipinski definition) is 1. The fourth-order valence-electron chi connectivity index (χ4n) is 0. The van der Waals surface area contributed by atoms with Crippen molar-refractivity contribution >= 4 is 0 Å². The minimum absolute atomic E-state index is 0.750. The van der Waals surface area contributed by atoms with Gasteiger partial charge in [-0.25, -0.2) is 0 Å². The third-order valence-electron chi connectivity index (χ3n) is 0. The van der Waals surface area contributed by atoms with Crippen LogP contribution in [-0.4, -0.2) is 43.2 Å². The van der Waals surface area contributed by atoms with Gasteiger partial charge in [0.05, 0.1) is 0 Å². The Labute approximate surface area is 49.3 Å². The van der Waals surface area contributed by atoms with Crippen molar-refractivity contribution in [2.24, 2.45) is 0 Å². The Morgan fingerprint density at radius 1 is 1.38 bits per heavy atom. The quantitative estimate of drug-likeness (QED) is 0.361. The van der Waals surface area contributed by atoms with Crippen molar-refractivity contribution in [2.75, 3.05) is 28.2 Å². The van der Waals surface area contributed by atoms with Gasteiger partial charge in [-0.15, -0.1) is 0 Å². The van der Waals surface area contributed by atoms with E-state index in [1.807, 2.05) is 0 Å². The summed E-state index contributed by atoms with van der Waals surface area (Å²) < 4.78 is 0.750. The molecule has 0 aromatic rings. The minimum Gasteiger partial charge on any atom is -0.315 e. The lowest BCUT2D eigenvalue weighted by molar-refractivity contribution is -0.486. The Morgan fingerprint density at radius 2 is 1.38 bits per heavy atom. The van der Waals surface area contributed by atoms with Crippen LogP contribution < -0.4 is 0 Å². The van der Waals surface area contributed by atoms with Crippen molar-refractivity contribution in [3.63, 3.8) is 0 Å². The third-order valence-corrected chi connectivity index (χ3v) is 0. The predicted octanol–water partition coefficient (Wildman–Crippen LogP) is -0.0379. The fourth-order valence-corrected chi connectivity index (χ4v) is 0.